The number of rotatable bonds is 0. The van der Waals surface area contributed by atoms with Crippen molar-refractivity contribution in [2.45, 2.75) is 41.5 Å². The van der Waals surface area contributed by atoms with Crippen LogP contribution in [-0.4, -0.2) is 23.0 Å². The van der Waals surface area contributed by atoms with E-state index in [9.17, 15) is 0 Å². The van der Waals surface area contributed by atoms with Gasteiger partial charge < -0.3 is 4.90 Å². The molecule has 1 aliphatic heterocycles. The Balaban J connectivity index is 2.47. The fourth-order valence-electron chi connectivity index (χ4n) is 1.67. The lowest BCUT2D eigenvalue weighted by Gasteiger charge is -2.49. The lowest BCUT2D eigenvalue weighted by Crippen LogP contribution is -2.56. The van der Waals surface area contributed by atoms with E-state index in [0.29, 0.717) is 5.41 Å². The normalized spacial score (nSPS) is 19.4. The van der Waals surface area contributed by atoms with Gasteiger partial charge in [0.1, 0.15) is 0 Å². The second-order valence-corrected chi connectivity index (χ2v) is 6.91. The Morgan fingerprint density at radius 2 is 1.50 bits per heavy atom. The highest BCUT2D eigenvalue weighted by atomic mass is 32.1. The van der Waals surface area contributed by atoms with Gasteiger partial charge in [-0.1, -0.05) is 53.8 Å². The predicted octanol–water partition coefficient (Wildman–Crippen LogP) is 3.34. The fourth-order valence-corrected chi connectivity index (χ4v) is 1.82. The number of hydrogen-bond acceptors (Lipinski definition) is 1. The third kappa shape index (κ3) is 2.47. The van der Waals surface area contributed by atoms with Crippen LogP contribution < -0.4 is 0 Å². The maximum atomic E-state index is 5.47. The van der Waals surface area contributed by atoms with Gasteiger partial charge in [-0.05, 0) is 11.3 Å². The van der Waals surface area contributed by atoms with Gasteiger partial charge in [0, 0.05) is 18.5 Å². The molecule has 0 spiro atoms. The third-order valence-electron chi connectivity index (χ3n) is 3.04. The van der Waals surface area contributed by atoms with Crippen molar-refractivity contribution in [2.75, 3.05) is 13.1 Å². The SMILES string of the molecule is CC(C)(C)C(=S)N1CC(C(C)(C)C)C1. The van der Waals surface area contributed by atoms with Crippen LogP contribution in [-0.2, 0) is 0 Å². The van der Waals surface area contributed by atoms with Gasteiger partial charge in [-0.3, -0.25) is 0 Å². The van der Waals surface area contributed by atoms with Crippen LogP contribution in [0.3, 0.4) is 0 Å². The number of hydrogen-bond donors (Lipinski definition) is 0. The molecule has 1 rings (SSSR count). The van der Waals surface area contributed by atoms with Crippen molar-refractivity contribution >= 4 is 17.2 Å². The van der Waals surface area contributed by atoms with Crippen LogP contribution in [0.15, 0.2) is 0 Å². The van der Waals surface area contributed by atoms with Crippen LogP contribution >= 0.6 is 12.2 Å². The van der Waals surface area contributed by atoms with Crippen LogP contribution in [0.25, 0.3) is 0 Å². The summed E-state index contributed by atoms with van der Waals surface area (Å²) in [5.41, 5.74) is 0.586. The van der Waals surface area contributed by atoms with E-state index < -0.39 is 0 Å². The Morgan fingerprint density at radius 1 is 1.07 bits per heavy atom. The van der Waals surface area contributed by atoms with Gasteiger partial charge in [0.2, 0.25) is 0 Å². The molecule has 14 heavy (non-hydrogen) atoms. The lowest BCUT2D eigenvalue weighted by atomic mass is 9.75. The minimum absolute atomic E-state index is 0.151. The van der Waals surface area contributed by atoms with E-state index in [1.165, 1.54) is 0 Å². The van der Waals surface area contributed by atoms with Gasteiger partial charge in [-0.15, -0.1) is 0 Å². The Hall–Kier alpha value is -0.110. The summed E-state index contributed by atoms with van der Waals surface area (Å²) < 4.78 is 0. The largest absolute Gasteiger partial charge is 0.365 e. The Morgan fingerprint density at radius 3 is 1.79 bits per heavy atom. The average molecular weight is 213 g/mol. The van der Waals surface area contributed by atoms with Crippen molar-refractivity contribution in [3.63, 3.8) is 0 Å². The van der Waals surface area contributed by atoms with E-state index >= 15 is 0 Å². The minimum Gasteiger partial charge on any atom is -0.365 e. The highest BCUT2D eigenvalue weighted by Crippen LogP contribution is 2.36. The fraction of sp³-hybridized carbons (Fsp3) is 0.917. The zero-order valence-electron chi connectivity index (χ0n) is 10.3. The minimum atomic E-state index is 0.151. The van der Waals surface area contributed by atoms with Crippen molar-refractivity contribution in [3.8, 4) is 0 Å². The smallest absolute Gasteiger partial charge is 0.0833 e. The quantitative estimate of drug-likeness (QED) is 0.568. The van der Waals surface area contributed by atoms with Crippen molar-refractivity contribution < 1.29 is 0 Å². The molecule has 0 radical (unpaired) electrons. The average Bonchev–Trinajstić information content (AvgIpc) is 1.77. The summed E-state index contributed by atoms with van der Waals surface area (Å²) in [4.78, 5) is 3.48. The molecule has 0 aromatic carbocycles. The molecule has 0 N–H and O–H groups in total. The van der Waals surface area contributed by atoms with E-state index in [1.54, 1.807) is 0 Å². The first-order chi connectivity index (χ1) is 6.12. The molecule has 0 atom stereocenters. The van der Waals surface area contributed by atoms with E-state index in [1.807, 2.05) is 0 Å². The van der Waals surface area contributed by atoms with Crippen molar-refractivity contribution in [2.24, 2.45) is 16.7 Å². The molecule has 1 heterocycles. The molecular formula is C12H23NS. The molecule has 1 fully saturated rings. The monoisotopic (exact) mass is 213 g/mol. The van der Waals surface area contributed by atoms with E-state index in [0.717, 1.165) is 24.0 Å². The summed E-state index contributed by atoms with van der Waals surface area (Å²) in [5, 5.41) is 0. The summed E-state index contributed by atoms with van der Waals surface area (Å²) >= 11 is 5.47. The molecule has 0 aromatic heterocycles. The maximum Gasteiger partial charge on any atom is 0.0833 e. The van der Waals surface area contributed by atoms with Gasteiger partial charge >= 0.3 is 0 Å². The Kier molecular flexibility index (Phi) is 2.97. The summed E-state index contributed by atoms with van der Waals surface area (Å²) in [5.74, 6) is 0.808. The molecule has 82 valence electrons. The van der Waals surface area contributed by atoms with Crippen LogP contribution in [0.4, 0.5) is 0 Å². The molecule has 0 amide bonds. The van der Waals surface area contributed by atoms with Gasteiger partial charge in [0.25, 0.3) is 0 Å². The van der Waals surface area contributed by atoms with Gasteiger partial charge in [-0.25, -0.2) is 0 Å². The first-order valence-electron chi connectivity index (χ1n) is 5.42. The van der Waals surface area contributed by atoms with Crippen molar-refractivity contribution in [3.05, 3.63) is 0 Å². The molecule has 1 nitrogen and oxygen atoms in total. The third-order valence-corrected chi connectivity index (χ3v) is 3.91. The van der Waals surface area contributed by atoms with Gasteiger partial charge in [0.05, 0.1) is 4.99 Å². The second-order valence-electron chi connectivity index (χ2n) is 6.52. The van der Waals surface area contributed by atoms with Crippen LogP contribution in [0.5, 0.6) is 0 Å². The van der Waals surface area contributed by atoms with E-state index in [2.05, 4.69) is 46.4 Å². The molecule has 0 unspecified atom stereocenters. The van der Waals surface area contributed by atoms with Gasteiger partial charge in [0.15, 0.2) is 0 Å². The summed E-state index contributed by atoms with van der Waals surface area (Å²) in [7, 11) is 0. The zero-order chi connectivity index (χ0) is 11.1. The van der Waals surface area contributed by atoms with E-state index in [4.69, 9.17) is 12.2 Å². The van der Waals surface area contributed by atoms with Gasteiger partial charge in [-0.2, -0.15) is 0 Å². The number of likely N-dealkylation sites (tertiary alicyclic amines) is 1. The van der Waals surface area contributed by atoms with E-state index in [-0.39, 0.29) is 5.41 Å². The first-order valence-corrected chi connectivity index (χ1v) is 5.82. The molecule has 0 aromatic rings. The summed E-state index contributed by atoms with van der Waals surface area (Å²) in [6.45, 7) is 15.8. The molecule has 1 saturated heterocycles. The lowest BCUT2D eigenvalue weighted by molar-refractivity contribution is 0.0745. The topological polar surface area (TPSA) is 3.24 Å². The highest BCUT2D eigenvalue weighted by Gasteiger charge is 2.38. The molecule has 2 heteroatoms. The molecule has 1 aliphatic rings. The van der Waals surface area contributed by atoms with Crippen molar-refractivity contribution in [1.82, 2.24) is 4.90 Å². The number of nitrogens with zero attached hydrogens (tertiary/aromatic N) is 1. The van der Waals surface area contributed by atoms with Crippen LogP contribution in [0.2, 0.25) is 0 Å². The Labute approximate surface area is 93.9 Å². The van der Waals surface area contributed by atoms with Crippen molar-refractivity contribution in [1.29, 1.82) is 0 Å². The standard InChI is InChI=1S/C12H23NS/c1-11(2,3)9-7-13(8-9)10(14)12(4,5)6/h9H,7-8H2,1-6H3. The second kappa shape index (κ2) is 3.48. The van der Waals surface area contributed by atoms with Crippen LogP contribution in [0.1, 0.15) is 41.5 Å². The Bertz CT molecular complexity index is 226. The molecule has 0 aliphatic carbocycles. The molecule has 0 saturated carbocycles. The summed E-state index contributed by atoms with van der Waals surface area (Å²) in [6.07, 6.45) is 0. The molecule has 0 bridgehead atoms. The number of thiocarbonyl (C=S) groups is 1. The predicted molar refractivity (Wildman–Crippen MR) is 66.6 cm³/mol. The zero-order valence-corrected chi connectivity index (χ0v) is 11.2. The highest BCUT2D eigenvalue weighted by molar-refractivity contribution is 7.80. The molecular weight excluding hydrogens is 190 g/mol. The first kappa shape index (κ1) is 12.0. The van der Waals surface area contributed by atoms with Crippen LogP contribution in [0, 0.1) is 16.7 Å². The maximum absolute atomic E-state index is 5.47. The summed E-state index contributed by atoms with van der Waals surface area (Å²) in [6, 6.07) is 0.